The number of anilines is 1. The molecule has 0 aliphatic heterocycles. The lowest BCUT2D eigenvalue weighted by Gasteiger charge is -2.22. The second kappa shape index (κ2) is 11.3. The minimum atomic E-state index is -0.0174. The fraction of sp³-hybridized carbons (Fsp3) is 0.360. The van der Waals surface area contributed by atoms with Gasteiger partial charge >= 0.3 is 0 Å². The van der Waals surface area contributed by atoms with Gasteiger partial charge in [0.25, 0.3) is 5.91 Å². The van der Waals surface area contributed by atoms with Crippen molar-refractivity contribution in [2.45, 2.75) is 32.6 Å². The average molecular weight is 493 g/mol. The maximum Gasteiger partial charge on any atom is 0.260 e. The summed E-state index contributed by atoms with van der Waals surface area (Å²) >= 11 is 7.50. The normalized spacial score (nSPS) is 11.3. The molecule has 0 bridgehead atoms. The van der Waals surface area contributed by atoms with Crippen LogP contribution in [0, 0.1) is 0 Å². The number of benzene rings is 2. The summed E-state index contributed by atoms with van der Waals surface area (Å²) in [6, 6.07) is 15.6. The van der Waals surface area contributed by atoms with E-state index in [4.69, 9.17) is 16.6 Å². The highest BCUT2D eigenvalue weighted by molar-refractivity contribution is 7.14. The van der Waals surface area contributed by atoms with Gasteiger partial charge < -0.3 is 4.90 Å². The third-order valence-electron chi connectivity index (χ3n) is 5.09. The number of hydrogen-bond donors (Lipinski definition) is 0. The highest BCUT2D eigenvalue weighted by Gasteiger charge is 2.22. The molecule has 0 N–H and O–H groups in total. The molecule has 1 amide bonds. The predicted octanol–water partition coefficient (Wildman–Crippen LogP) is 6.78. The van der Waals surface area contributed by atoms with Crippen molar-refractivity contribution in [3.8, 4) is 11.3 Å². The van der Waals surface area contributed by atoms with Crippen LogP contribution in [0.1, 0.15) is 43.1 Å². The molecule has 172 valence electrons. The fourth-order valence-corrected chi connectivity index (χ4v) is 4.22. The Morgan fingerprint density at radius 3 is 2.19 bits per heavy atom. The fourth-order valence-electron chi connectivity index (χ4n) is 3.24. The van der Waals surface area contributed by atoms with E-state index in [1.54, 1.807) is 4.90 Å². The van der Waals surface area contributed by atoms with E-state index in [0.717, 1.165) is 24.2 Å². The van der Waals surface area contributed by atoms with E-state index < -0.39 is 0 Å². The lowest BCUT2D eigenvalue weighted by atomic mass is 9.86. The Hall–Kier alpha value is -1.92. The highest BCUT2D eigenvalue weighted by atomic mass is 35.5. The molecule has 0 aliphatic carbocycles. The van der Waals surface area contributed by atoms with Gasteiger partial charge in [0.05, 0.1) is 5.69 Å². The number of aromatic nitrogens is 1. The van der Waals surface area contributed by atoms with Crippen LogP contribution in [0.25, 0.3) is 11.3 Å². The summed E-state index contributed by atoms with van der Waals surface area (Å²) in [4.78, 5) is 22.1. The molecule has 0 fully saturated rings. The summed E-state index contributed by atoms with van der Waals surface area (Å²) in [6.45, 7) is 8.04. The molecule has 0 spiro atoms. The molecule has 0 unspecified atom stereocenters. The first-order chi connectivity index (χ1) is 14.6. The van der Waals surface area contributed by atoms with Crippen molar-refractivity contribution in [2.24, 2.45) is 0 Å². The van der Waals surface area contributed by atoms with Crippen LogP contribution in [-0.4, -0.2) is 43.0 Å². The van der Waals surface area contributed by atoms with Gasteiger partial charge in [-0.3, -0.25) is 9.69 Å². The summed E-state index contributed by atoms with van der Waals surface area (Å²) in [5.41, 5.74) is 3.78. The molecule has 4 nitrogen and oxygen atoms in total. The summed E-state index contributed by atoms with van der Waals surface area (Å²) in [5.74, 6) is -0.0174. The number of rotatable bonds is 7. The van der Waals surface area contributed by atoms with Crippen molar-refractivity contribution in [1.29, 1.82) is 0 Å². The molecule has 1 aromatic heterocycles. The maximum absolute atomic E-state index is 13.4. The van der Waals surface area contributed by atoms with Crippen LogP contribution in [0.4, 0.5) is 5.13 Å². The number of halogens is 2. The zero-order valence-corrected chi connectivity index (χ0v) is 21.7. The van der Waals surface area contributed by atoms with Crippen LogP contribution < -0.4 is 4.90 Å². The summed E-state index contributed by atoms with van der Waals surface area (Å²) < 4.78 is 0. The Labute approximate surface area is 206 Å². The Morgan fingerprint density at radius 2 is 1.62 bits per heavy atom. The van der Waals surface area contributed by atoms with Crippen LogP contribution in [0.3, 0.4) is 0 Å². The number of carbonyl (C=O) groups is 1. The minimum absolute atomic E-state index is 0. The third kappa shape index (κ3) is 6.79. The van der Waals surface area contributed by atoms with E-state index in [-0.39, 0.29) is 23.7 Å². The second-order valence-electron chi connectivity index (χ2n) is 8.96. The molecule has 7 heteroatoms. The molecule has 3 rings (SSSR count). The first-order valence-electron chi connectivity index (χ1n) is 10.4. The first kappa shape index (κ1) is 26.3. The molecule has 0 radical (unpaired) electrons. The topological polar surface area (TPSA) is 36.4 Å². The van der Waals surface area contributed by atoms with E-state index in [2.05, 4.69) is 25.7 Å². The first-order valence-corrected chi connectivity index (χ1v) is 11.7. The predicted molar refractivity (Wildman–Crippen MR) is 140 cm³/mol. The molecule has 1 heterocycles. The SMILES string of the molecule is CN(C)CCCN(C(=O)c1ccc(C(C)(C)C)cc1)c1nc(-c2ccc(Cl)cc2)cs1.Cl. The molecular weight excluding hydrogens is 461 g/mol. The summed E-state index contributed by atoms with van der Waals surface area (Å²) in [5, 5.41) is 3.40. The largest absolute Gasteiger partial charge is 0.309 e. The van der Waals surface area contributed by atoms with E-state index in [1.807, 2.05) is 68.0 Å². The number of nitrogens with zero attached hydrogens (tertiary/aromatic N) is 3. The number of carbonyl (C=O) groups excluding carboxylic acids is 1. The molecule has 3 aromatic rings. The van der Waals surface area contributed by atoms with Gasteiger partial charge in [0, 0.05) is 28.1 Å². The molecule has 0 saturated carbocycles. The maximum atomic E-state index is 13.4. The Balaban J connectivity index is 0.00000363. The Kier molecular flexibility index (Phi) is 9.28. The van der Waals surface area contributed by atoms with Crippen LogP contribution in [0.2, 0.25) is 5.02 Å². The molecule has 0 atom stereocenters. The molecule has 32 heavy (non-hydrogen) atoms. The van der Waals surface area contributed by atoms with Gasteiger partial charge in [0.15, 0.2) is 5.13 Å². The van der Waals surface area contributed by atoms with Gasteiger partial charge in [-0.1, -0.05) is 56.6 Å². The number of amides is 1. The van der Waals surface area contributed by atoms with Crippen LogP contribution >= 0.6 is 35.3 Å². The van der Waals surface area contributed by atoms with E-state index in [9.17, 15) is 4.79 Å². The van der Waals surface area contributed by atoms with Crippen LogP contribution in [0.5, 0.6) is 0 Å². The Bertz CT molecular complexity index is 1010. The smallest absolute Gasteiger partial charge is 0.260 e. The summed E-state index contributed by atoms with van der Waals surface area (Å²) in [6.07, 6.45) is 0.870. The average Bonchev–Trinajstić information content (AvgIpc) is 3.20. The van der Waals surface area contributed by atoms with Crippen LogP contribution in [0.15, 0.2) is 53.9 Å². The standard InChI is InChI=1S/C25H30ClN3OS.ClH/c1-25(2,3)20-11-7-19(8-12-20)23(30)29(16-6-15-28(4)5)24-27-22(17-31-24)18-9-13-21(26)14-10-18;/h7-14,17H,6,15-16H2,1-5H3;1H. The van der Waals surface area contributed by atoms with Crippen molar-refractivity contribution >= 4 is 46.4 Å². The van der Waals surface area contributed by atoms with Gasteiger partial charge in [-0.25, -0.2) is 4.98 Å². The van der Waals surface area contributed by atoms with E-state index in [1.165, 1.54) is 16.9 Å². The van der Waals surface area contributed by atoms with Gasteiger partial charge in [-0.2, -0.15) is 0 Å². The van der Waals surface area contributed by atoms with Crippen molar-refractivity contribution < 1.29 is 4.79 Å². The van der Waals surface area contributed by atoms with E-state index in [0.29, 0.717) is 22.3 Å². The van der Waals surface area contributed by atoms with Crippen LogP contribution in [-0.2, 0) is 5.41 Å². The molecule has 0 aliphatic rings. The second-order valence-corrected chi connectivity index (χ2v) is 10.2. The van der Waals surface area contributed by atoms with E-state index >= 15 is 0 Å². The minimum Gasteiger partial charge on any atom is -0.309 e. The van der Waals surface area contributed by atoms with Gasteiger partial charge in [-0.05, 0) is 62.3 Å². The number of thiazole rings is 1. The highest BCUT2D eigenvalue weighted by Crippen LogP contribution is 2.30. The molecular formula is C25H31Cl2N3OS. The lowest BCUT2D eigenvalue weighted by Crippen LogP contribution is -2.33. The monoisotopic (exact) mass is 491 g/mol. The van der Waals surface area contributed by atoms with Gasteiger partial charge in [0.2, 0.25) is 0 Å². The number of hydrogen-bond acceptors (Lipinski definition) is 4. The van der Waals surface area contributed by atoms with Crippen molar-refractivity contribution in [3.63, 3.8) is 0 Å². The van der Waals surface area contributed by atoms with Crippen molar-refractivity contribution in [2.75, 3.05) is 32.1 Å². The zero-order chi connectivity index (χ0) is 22.6. The third-order valence-corrected chi connectivity index (χ3v) is 6.21. The molecule has 2 aromatic carbocycles. The molecule has 0 saturated heterocycles. The summed E-state index contributed by atoms with van der Waals surface area (Å²) in [7, 11) is 4.08. The lowest BCUT2D eigenvalue weighted by molar-refractivity contribution is 0.0986. The van der Waals surface area contributed by atoms with Gasteiger partial charge in [0.1, 0.15) is 0 Å². The van der Waals surface area contributed by atoms with Gasteiger partial charge in [-0.15, -0.1) is 23.7 Å². The quantitative estimate of drug-likeness (QED) is 0.365. The van der Waals surface area contributed by atoms with Crippen molar-refractivity contribution in [1.82, 2.24) is 9.88 Å². The Morgan fingerprint density at radius 1 is 1.00 bits per heavy atom. The van der Waals surface area contributed by atoms with Crippen molar-refractivity contribution in [3.05, 3.63) is 70.1 Å². The zero-order valence-electron chi connectivity index (χ0n) is 19.3.